The highest BCUT2D eigenvalue weighted by molar-refractivity contribution is 9.10. The molecule has 1 unspecified atom stereocenters. The van der Waals surface area contributed by atoms with Gasteiger partial charge in [-0.2, -0.15) is 0 Å². The first kappa shape index (κ1) is 16.4. The molecule has 1 aromatic heterocycles. The molecule has 0 saturated carbocycles. The van der Waals surface area contributed by atoms with Gasteiger partial charge in [0.05, 0.1) is 26.1 Å². The molecule has 0 spiro atoms. The Hall–Kier alpha value is -1.44. The first-order valence-electron chi connectivity index (χ1n) is 7.42. The van der Waals surface area contributed by atoms with Crippen LogP contribution in [0.2, 0.25) is 0 Å². The van der Waals surface area contributed by atoms with Gasteiger partial charge in [-0.1, -0.05) is 34.1 Å². The van der Waals surface area contributed by atoms with Crippen molar-refractivity contribution in [2.75, 3.05) is 20.0 Å². The molecular weight excluding hydrogens is 360 g/mol. The predicted octanol–water partition coefficient (Wildman–Crippen LogP) is 2.12. The molecule has 0 aliphatic heterocycles. The van der Waals surface area contributed by atoms with Crippen LogP contribution in [0.5, 0.6) is 0 Å². The van der Waals surface area contributed by atoms with E-state index in [-0.39, 0.29) is 20.0 Å². The number of hydrogen-bond donors (Lipinski definition) is 3. The Labute approximate surface area is 142 Å². The van der Waals surface area contributed by atoms with Crippen molar-refractivity contribution in [2.24, 2.45) is 0 Å². The van der Waals surface area contributed by atoms with Crippen LogP contribution in [0.1, 0.15) is 0 Å². The average molecular weight is 379 g/mol. The molecule has 0 aliphatic rings. The molecule has 3 N–H and O–H groups in total. The summed E-state index contributed by atoms with van der Waals surface area (Å²) in [6, 6.07) is 14.2. The van der Waals surface area contributed by atoms with Gasteiger partial charge in [-0.3, -0.25) is 4.90 Å². The third-order valence-electron chi connectivity index (χ3n) is 4.00. The topological polar surface area (TPSA) is 68.9 Å². The molecule has 1 atom stereocenters. The van der Waals surface area contributed by atoms with Gasteiger partial charge in [-0.15, -0.1) is 0 Å². The number of halogens is 1. The maximum absolute atomic E-state index is 10.3. The van der Waals surface area contributed by atoms with E-state index in [1.54, 1.807) is 0 Å². The fraction of sp³-hybridized carbons (Fsp3) is 0.294. The second kappa shape index (κ2) is 6.98. The van der Waals surface area contributed by atoms with E-state index in [2.05, 4.69) is 32.6 Å². The normalized spacial score (nSPS) is 13.3. The average Bonchev–Trinajstić information content (AvgIpc) is 2.86. The summed E-state index contributed by atoms with van der Waals surface area (Å²) in [5.41, 5.74) is 2.10. The van der Waals surface area contributed by atoms with E-state index in [1.165, 1.54) is 4.90 Å². The largest absolute Gasteiger partial charge is 0.390 e. The van der Waals surface area contributed by atoms with E-state index in [9.17, 15) is 5.11 Å². The van der Waals surface area contributed by atoms with E-state index >= 15 is 0 Å². The Kier molecular flexibility index (Phi) is 4.99. The minimum atomic E-state index is -0.697. The zero-order chi connectivity index (χ0) is 16.4. The van der Waals surface area contributed by atoms with Crippen molar-refractivity contribution in [2.45, 2.75) is 12.6 Å². The molecule has 0 fully saturated rings. The summed E-state index contributed by atoms with van der Waals surface area (Å²) in [4.78, 5) is 1.37. The molecule has 23 heavy (non-hydrogen) atoms. The van der Waals surface area contributed by atoms with Crippen LogP contribution in [0.25, 0.3) is 21.8 Å². The van der Waals surface area contributed by atoms with Crippen LogP contribution in [0, 0.1) is 0 Å². The number of nitrogens with zero attached hydrogens (tertiary/aromatic N) is 2. The quantitative estimate of drug-likeness (QED) is 0.574. The highest BCUT2D eigenvalue weighted by atomic mass is 79.9. The molecule has 0 radical (unpaired) electrons. The minimum absolute atomic E-state index is 0.206. The number of para-hydroxylation sites is 1. The number of aliphatic hydroxyl groups is 3. The van der Waals surface area contributed by atoms with Gasteiger partial charge < -0.3 is 19.9 Å². The summed E-state index contributed by atoms with van der Waals surface area (Å²) in [5.74, 6) is 0. The van der Waals surface area contributed by atoms with Gasteiger partial charge in [0.1, 0.15) is 0 Å². The smallest absolute Gasteiger partial charge is 0.0975 e. The number of rotatable bonds is 6. The maximum Gasteiger partial charge on any atom is 0.0975 e. The van der Waals surface area contributed by atoms with E-state index in [1.807, 2.05) is 30.3 Å². The molecule has 3 aromatic rings. The molecule has 0 aliphatic carbocycles. The van der Waals surface area contributed by atoms with Crippen LogP contribution in [0.15, 0.2) is 46.9 Å². The third kappa shape index (κ3) is 3.27. The lowest BCUT2D eigenvalue weighted by Gasteiger charge is -2.21. The molecule has 0 bridgehead atoms. The van der Waals surface area contributed by atoms with Crippen molar-refractivity contribution in [3.8, 4) is 0 Å². The summed E-state index contributed by atoms with van der Waals surface area (Å²) in [6.07, 6.45) is -0.697. The number of fused-ring (bicyclic) bond motifs is 3. The first-order valence-corrected chi connectivity index (χ1v) is 8.22. The molecule has 0 amide bonds. The SMILES string of the molecule is OCN(CO)CC(O)Cn1c2ccccc2c2cc(Br)ccc21. The van der Waals surface area contributed by atoms with Crippen LogP contribution >= 0.6 is 15.9 Å². The summed E-state index contributed by atoms with van der Waals surface area (Å²) < 4.78 is 3.09. The van der Waals surface area contributed by atoms with Gasteiger partial charge in [0.25, 0.3) is 0 Å². The molecule has 5 nitrogen and oxygen atoms in total. The van der Waals surface area contributed by atoms with Crippen LogP contribution in [0.4, 0.5) is 0 Å². The van der Waals surface area contributed by atoms with Crippen LogP contribution < -0.4 is 0 Å². The van der Waals surface area contributed by atoms with Crippen molar-refractivity contribution < 1.29 is 15.3 Å². The van der Waals surface area contributed by atoms with Crippen molar-refractivity contribution in [3.63, 3.8) is 0 Å². The molecular formula is C17H19BrN2O3. The van der Waals surface area contributed by atoms with Gasteiger partial charge in [0.15, 0.2) is 0 Å². The van der Waals surface area contributed by atoms with E-state index in [0.29, 0.717) is 6.54 Å². The van der Waals surface area contributed by atoms with E-state index in [4.69, 9.17) is 10.2 Å². The van der Waals surface area contributed by atoms with Crippen LogP contribution in [-0.2, 0) is 6.54 Å². The van der Waals surface area contributed by atoms with Gasteiger partial charge >= 0.3 is 0 Å². The summed E-state index contributed by atoms with van der Waals surface area (Å²) in [7, 11) is 0. The van der Waals surface area contributed by atoms with Gasteiger partial charge in [0.2, 0.25) is 0 Å². The molecule has 6 heteroatoms. The number of aromatic nitrogens is 1. The Morgan fingerprint density at radius 2 is 1.70 bits per heavy atom. The van der Waals surface area contributed by atoms with E-state index < -0.39 is 6.10 Å². The standard InChI is InChI=1S/C17H19BrN2O3/c18-12-5-6-17-15(7-12)14-3-1-2-4-16(14)20(17)9-13(23)8-19(10-21)11-22/h1-7,13,21-23H,8-11H2. The Morgan fingerprint density at radius 1 is 1.00 bits per heavy atom. The zero-order valence-electron chi connectivity index (χ0n) is 12.6. The molecule has 2 aromatic carbocycles. The lowest BCUT2D eigenvalue weighted by atomic mass is 10.2. The number of hydrogen-bond acceptors (Lipinski definition) is 4. The number of aliphatic hydroxyl groups excluding tert-OH is 3. The zero-order valence-corrected chi connectivity index (χ0v) is 14.1. The Bertz CT molecular complexity index is 814. The van der Waals surface area contributed by atoms with E-state index in [0.717, 1.165) is 26.3 Å². The lowest BCUT2D eigenvalue weighted by molar-refractivity contribution is -0.00608. The minimum Gasteiger partial charge on any atom is -0.390 e. The second-order valence-corrected chi connectivity index (χ2v) is 6.49. The van der Waals surface area contributed by atoms with Crippen molar-refractivity contribution in [1.29, 1.82) is 0 Å². The molecule has 1 heterocycles. The van der Waals surface area contributed by atoms with Crippen LogP contribution in [0.3, 0.4) is 0 Å². The third-order valence-corrected chi connectivity index (χ3v) is 4.49. The lowest BCUT2D eigenvalue weighted by Crippen LogP contribution is -2.36. The molecule has 0 saturated heterocycles. The fourth-order valence-electron chi connectivity index (χ4n) is 2.95. The monoisotopic (exact) mass is 378 g/mol. The van der Waals surface area contributed by atoms with Crippen molar-refractivity contribution in [1.82, 2.24) is 9.47 Å². The molecule has 122 valence electrons. The van der Waals surface area contributed by atoms with Crippen molar-refractivity contribution in [3.05, 3.63) is 46.9 Å². The van der Waals surface area contributed by atoms with Gasteiger partial charge in [0, 0.05) is 32.8 Å². The summed E-state index contributed by atoms with van der Waals surface area (Å²) in [5, 5.41) is 30.8. The first-order chi connectivity index (χ1) is 11.1. The Balaban J connectivity index is 2.02. The number of benzene rings is 2. The predicted molar refractivity (Wildman–Crippen MR) is 94.0 cm³/mol. The highest BCUT2D eigenvalue weighted by Crippen LogP contribution is 2.31. The van der Waals surface area contributed by atoms with Gasteiger partial charge in [-0.25, -0.2) is 0 Å². The van der Waals surface area contributed by atoms with Gasteiger partial charge in [-0.05, 0) is 24.3 Å². The molecule has 3 rings (SSSR count). The Morgan fingerprint density at radius 3 is 2.43 bits per heavy atom. The van der Waals surface area contributed by atoms with Crippen molar-refractivity contribution >= 4 is 37.7 Å². The van der Waals surface area contributed by atoms with Crippen LogP contribution in [-0.4, -0.2) is 50.9 Å². The summed E-state index contributed by atoms with van der Waals surface area (Å²) in [6.45, 7) is 0.0288. The summed E-state index contributed by atoms with van der Waals surface area (Å²) >= 11 is 3.51. The second-order valence-electron chi connectivity index (χ2n) is 5.58. The fourth-order valence-corrected chi connectivity index (χ4v) is 3.31. The maximum atomic E-state index is 10.3. The highest BCUT2D eigenvalue weighted by Gasteiger charge is 2.15.